The molecular weight excluding hydrogens is 178 g/mol. The fourth-order valence-electron chi connectivity index (χ4n) is 2.50. The second-order valence-corrected chi connectivity index (χ2v) is 4.36. The van der Waals surface area contributed by atoms with Gasteiger partial charge in [-0.05, 0) is 38.9 Å². The second kappa shape index (κ2) is 4.28. The summed E-state index contributed by atoms with van der Waals surface area (Å²) >= 11 is 0. The van der Waals surface area contributed by atoms with E-state index in [1.807, 2.05) is 0 Å². The first-order chi connectivity index (χ1) is 6.77. The maximum Gasteiger partial charge on any atom is 0.220 e. The van der Waals surface area contributed by atoms with Gasteiger partial charge in [0, 0.05) is 18.5 Å². The van der Waals surface area contributed by atoms with Gasteiger partial charge in [0.15, 0.2) is 0 Å². The molecule has 0 radical (unpaired) electrons. The van der Waals surface area contributed by atoms with Crippen LogP contribution in [0.25, 0.3) is 0 Å². The number of carbonyl (C=O) groups is 1. The molecule has 2 aliphatic heterocycles. The third kappa shape index (κ3) is 2.07. The lowest BCUT2D eigenvalue weighted by molar-refractivity contribution is -0.123. The minimum atomic E-state index is -0.116. The molecule has 0 saturated carbocycles. The Morgan fingerprint density at radius 2 is 2.00 bits per heavy atom. The average molecular weight is 197 g/mol. The van der Waals surface area contributed by atoms with E-state index in [1.54, 1.807) is 0 Å². The Kier molecular flexibility index (Phi) is 3.03. The van der Waals surface area contributed by atoms with Crippen LogP contribution in [-0.2, 0) is 4.79 Å². The predicted octanol–water partition coefficient (Wildman–Crippen LogP) is -0.454. The molecule has 0 aromatic carbocycles. The van der Waals surface area contributed by atoms with Gasteiger partial charge in [-0.15, -0.1) is 0 Å². The fourth-order valence-corrected chi connectivity index (χ4v) is 2.50. The van der Waals surface area contributed by atoms with Crippen molar-refractivity contribution in [2.24, 2.45) is 11.7 Å². The molecule has 4 nitrogen and oxygen atoms in total. The van der Waals surface area contributed by atoms with Crippen molar-refractivity contribution >= 4 is 5.91 Å². The number of hydrogen-bond donors (Lipinski definition) is 2. The molecular formula is C10H19N3O. The Hall–Kier alpha value is -0.610. The Morgan fingerprint density at radius 3 is 2.50 bits per heavy atom. The quantitative estimate of drug-likeness (QED) is 0.630. The molecule has 2 aliphatic rings. The van der Waals surface area contributed by atoms with Crippen molar-refractivity contribution in [2.75, 3.05) is 26.2 Å². The van der Waals surface area contributed by atoms with Crippen LogP contribution in [0.5, 0.6) is 0 Å². The lowest BCUT2D eigenvalue weighted by Gasteiger charge is -2.34. The second-order valence-electron chi connectivity index (χ2n) is 4.36. The summed E-state index contributed by atoms with van der Waals surface area (Å²) in [5.74, 6) is 0.00908. The van der Waals surface area contributed by atoms with E-state index in [1.165, 1.54) is 6.42 Å². The SMILES string of the molecule is NC(=O)C1CCN([C@@H]2CCNC2)CC1. The first kappa shape index (κ1) is 9.93. The van der Waals surface area contributed by atoms with Gasteiger partial charge in [-0.25, -0.2) is 0 Å². The number of nitrogens with zero attached hydrogens (tertiary/aromatic N) is 1. The zero-order chi connectivity index (χ0) is 9.97. The molecule has 0 bridgehead atoms. The van der Waals surface area contributed by atoms with Crippen molar-refractivity contribution in [3.05, 3.63) is 0 Å². The van der Waals surface area contributed by atoms with Gasteiger partial charge in [0.2, 0.25) is 5.91 Å². The Balaban J connectivity index is 1.80. The van der Waals surface area contributed by atoms with E-state index in [0.717, 1.165) is 39.0 Å². The number of hydrogen-bond acceptors (Lipinski definition) is 3. The number of nitrogens with two attached hydrogens (primary N) is 1. The highest BCUT2D eigenvalue weighted by Gasteiger charge is 2.28. The Labute approximate surface area is 84.8 Å². The highest BCUT2D eigenvalue weighted by Crippen LogP contribution is 2.20. The van der Waals surface area contributed by atoms with E-state index >= 15 is 0 Å². The third-order valence-electron chi connectivity index (χ3n) is 3.48. The normalized spacial score (nSPS) is 30.7. The largest absolute Gasteiger partial charge is 0.369 e. The zero-order valence-electron chi connectivity index (χ0n) is 8.54. The van der Waals surface area contributed by atoms with Gasteiger partial charge in [0.1, 0.15) is 0 Å². The molecule has 2 heterocycles. The van der Waals surface area contributed by atoms with Crippen molar-refractivity contribution in [3.63, 3.8) is 0 Å². The van der Waals surface area contributed by atoms with Gasteiger partial charge >= 0.3 is 0 Å². The maximum atomic E-state index is 11.0. The summed E-state index contributed by atoms with van der Waals surface area (Å²) < 4.78 is 0. The Morgan fingerprint density at radius 1 is 1.29 bits per heavy atom. The number of nitrogens with one attached hydrogen (secondary N) is 1. The molecule has 0 aliphatic carbocycles. The maximum absolute atomic E-state index is 11.0. The average Bonchev–Trinajstić information content (AvgIpc) is 2.71. The number of primary amides is 1. The number of likely N-dealkylation sites (tertiary alicyclic amines) is 1. The van der Waals surface area contributed by atoms with Crippen molar-refractivity contribution in [2.45, 2.75) is 25.3 Å². The van der Waals surface area contributed by atoms with E-state index in [9.17, 15) is 4.79 Å². The van der Waals surface area contributed by atoms with E-state index in [2.05, 4.69) is 10.2 Å². The van der Waals surface area contributed by atoms with Gasteiger partial charge in [0.05, 0.1) is 0 Å². The minimum Gasteiger partial charge on any atom is -0.369 e. The van der Waals surface area contributed by atoms with Gasteiger partial charge < -0.3 is 11.1 Å². The van der Waals surface area contributed by atoms with Crippen LogP contribution in [0.2, 0.25) is 0 Å². The summed E-state index contributed by atoms with van der Waals surface area (Å²) in [5.41, 5.74) is 5.30. The van der Waals surface area contributed by atoms with Crippen LogP contribution in [-0.4, -0.2) is 43.0 Å². The summed E-state index contributed by atoms with van der Waals surface area (Å²) in [7, 11) is 0. The molecule has 0 aromatic rings. The van der Waals surface area contributed by atoms with Crippen LogP contribution in [0.1, 0.15) is 19.3 Å². The molecule has 2 fully saturated rings. The van der Waals surface area contributed by atoms with E-state index in [0.29, 0.717) is 6.04 Å². The van der Waals surface area contributed by atoms with Crippen molar-refractivity contribution < 1.29 is 4.79 Å². The van der Waals surface area contributed by atoms with Crippen LogP contribution >= 0.6 is 0 Å². The summed E-state index contributed by atoms with van der Waals surface area (Å²) in [5, 5.41) is 3.37. The predicted molar refractivity (Wildman–Crippen MR) is 54.8 cm³/mol. The molecule has 14 heavy (non-hydrogen) atoms. The summed E-state index contributed by atoms with van der Waals surface area (Å²) in [6.45, 7) is 4.33. The Bertz CT molecular complexity index is 205. The molecule has 0 spiro atoms. The zero-order valence-corrected chi connectivity index (χ0v) is 8.54. The van der Waals surface area contributed by atoms with Crippen LogP contribution in [0.4, 0.5) is 0 Å². The number of piperidine rings is 1. The van der Waals surface area contributed by atoms with Gasteiger partial charge in [0.25, 0.3) is 0 Å². The monoisotopic (exact) mass is 197 g/mol. The molecule has 1 amide bonds. The highest BCUT2D eigenvalue weighted by atomic mass is 16.1. The number of amides is 1. The summed E-state index contributed by atoms with van der Waals surface area (Å²) in [4.78, 5) is 13.5. The molecule has 80 valence electrons. The first-order valence-corrected chi connectivity index (χ1v) is 5.51. The molecule has 2 saturated heterocycles. The summed E-state index contributed by atoms with van der Waals surface area (Å²) in [6.07, 6.45) is 3.15. The molecule has 2 rings (SSSR count). The van der Waals surface area contributed by atoms with Crippen molar-refractivity contribution in [3.8, 4) is 0 Å². The van der Waals surface area contributed by atoms with E-state index < -0.39 is 0 Å². The van der Waals surface area contributed by atoms with Crippen LogP contribution in [0, 0.1) is 5.92 Å². The van der Waals surface area contributed by atoms with Crippen LogP contribution in [0.15, 0.2) is 0 Å². The first-order valence-electron chi connectivity index (χ1n) is 5.51. The van der Waals surface area contributed by atoms with Crippen LogP contribution in [0.3, 0.4) is 0 Å². The van der Waals surface area contributed by atoms with Crippen molar-refractivity contribution in [1.29, 1.82) is 0 Å². The van der Waals surface area contributed by atoms with Crippen molar-refractivity contribution in [1.82, 2.24) is 10.2 Å². The molecule has 0 aromatic heterocycles. The van der Waals surface area contributed by atoms with E-state index in [4.69, 9.17) is 5.73 Å². The summed E-state index contributed by atoms with van der Waals surface area (Å²) in [6, 6.07) is 0.698. The minimum absolute atomic E-state index is 0.116. The standard InChI is InChI=1S/C10H19N3O/c11-10(14)8-2-5-13(6-3-8)9-1-4-12-7-9/h8-9,12H,1-7H2,(H2,11,14)/t9-/m1/s1. The lowest BCUT2D eigenvalue weighted by Crippen LogP contribution is -2.44. The number of rotatable bonds is 2. The van der Waals surface area contributed by atoms with Gasteiger partial charge in [-0.2, -0.15) is 0 Å². The number of carbonyl (C=O) groups excluding carboxylic acids is 1. The van der Waals surface area contributed by atoms with Gasteiger partial charge in [-0.1, -0.05) is 0 Å². The topological polar surface area (TPSA) is 58.4 Å². The third-order valence-corrected chi connectivity index (χ3v) is 3.48. The lowest BCUT2D eigenvalue weighted by atomic mass is 9.95. The highest BCUT2D eigenvalue weighted by molar-refractivity contribution is 5.76. The van der Waals surface area contributed by atoms with Crippen LogP contribution < -0.4 is 11.1 Å². The smallest absolute Gasteiger partial charge is 0.220 e. The van der Waals surface area contributed by atoms with E-state index in [-0.39, 0.29) is 11.8 Å². The molecule has 3 N–H and O–H groups in total. The van der Waals surface area contributed by atoms with Gasteiger partial charge in [-0.3, -0.25) is 9.69 Å². The molecule has 1 atom stereocenters. The molecule has 4 heteroatoms. The fraction of sp³-hybridized carbons (Fsp3) is 0.900. The molecule has 0 unspecified atom stereocenters.